The molecule has 0 spiro atoms. The molecule has 0 aromatic heterocycles. The summed E-state index contributed by atoms with van der Waals surface area (Å²) in [5.41, 5.74) is 7.19. The average molecular weight is 367 g/mol. The van der Waals surface area contributed by atoms with Crippen LogP contribution in [0.1, 0.15) is 30.9 Å². The minimum atomic E-state index is -0.685. The molecule has 0 aliphatic carbocycles. The summed E-state index contributed by atoms with van der Waals surface area (Å²) in [5, 5.41) is 3.14. The maximum Gasteiger partial charge on any atom is 0.305 e. The zero-order valence-electron chi connectivity index (χ0n) is 15.0. The fraction of sp³-hybridized carbons (Fsp3) is 0.471. The van der Waals surface area contributed by atoms with Crippen molar-refractivity contribution in [3.63, 3.8) is 0 Å². The number of carbonyl (C=O) groups is 2. The van der Waals surface area contributed by atoms with Crippen molar-refractivity contribution in [2.45, 2.75) is 39.7 Å². The van der Waals surface area contributed by atoms with Crippen LogP contribution in [0.4, 0.5) is 0 Å². The first-order valence-electron chi connectivity index (χ1n) is 7.98. The van der Waals surface area contributed by atoms with E-state index in [9.17, 15) is 9.59 Å². The number of amides is 1. The Morgan fingerprint density at radius 3 is 2.64 bits per heavy atom. The highest BCUT2D eigenvalue weighted by atomic mass is 32.1. The summed E-state index contributed by atoms with van der Waals surface area (Å²) in [7, 11) is 1.35. The van der Waals surface area contributed by atoms with E-state index >= 15 is 0 Å². The van der Waals surface area contributed by atoms with E-state index < -0.39 is 6.10 Å². The van der Waals surface area contributed by atoms with E-state index in [2.05, 4.69) is 20.9 Å². The van der Waals surface area contributed by atoms with Crippen LogP contribution in [0, 0.1) is 13.8 Å². The third-order valence-corrected chi connectivity index (χ3v) is 3.84. The molecule has 0 aliphatic rings. The van der Waals surface area contributed by atoms with Crippen LogP contribution in [0.25, 0.3) is 0 Å². The van der Waals surface area contributed by atoms with E-state index in [1.165, 1.54) is 7.11 Å². The lowest BCUT2D eigenvalue weighted by molar-refractivity contribution is -0.140. The molecule has 138 valence electrons. The summed E-state index contributed by atoms with van der Waals surface area (Å²) in [6, 6.07) is 5.69. The van der Waals surface area contributed by atoms with Crippen LogP contribution in [-0.4, -0.2) is 36.7 Å². The number of methoxy groups -OCH3 is 1. The number of nitrogens with one attached hydrogen (secondary N) is 3. The number of hydrogen-bond donors (Lipinski definition) is 3. The lowest BCUT2D eigenvalue weighted by Crippen LogP contribution is -2.50. The molecule has 8 heteroatoms. The Kier molecular flexibility index (Phi) is 8.69. The number of hydrazine groups is 1. The first-order valence-corrected chi connectivity index (χ1v) is 8.39. The smallest absolute Gasteiger partial charge is 0.305 e. The van der Waals surface area contributed by atoms with Gasteiger partial charge in [0.1, 0.15) is 5.75 Å². The van der Waals surface area contributed by atoms with Gasteiger partial charge in [0.15, 0.2) is 11.2 Å². The molecule has 1 rings (SSSR count). The van der Waals surface area contributed by atoms with Crippen LogP contribution in [0.2, 0.25) is 0 Å². The molecule has 0 saturated carbocycles. The molecule has 0 aliphatic heterocycles. The maximum atomic E-state index is 12.1. The third kappa shape index (κ3) is 7.38. The summed E-state index contributed by atoms with van der Waals surface area (Å²) in [5.74, 6) is 0.0529. The zero-order valence-corrected chi connectivity index (χ0v) is 15.8. The fourth-order valence-corrected chi connectivity index (χ4v) is 2.05. The minimum Gasteiger partial charge on any atom is -0.481 e. The molecule has 0 saturated heterocycles. The number of benzene rings is 1. The monoisotopic (exact) mass is 367 g/mol. The second-order valence-corrected chi connectivity index (χ2v) is 5.92. The quantitative estimate of drug-likeness (QED) is 0.291. The van der Waals surface area contributed by atoms with Crippen molar-refractivity contribution in [3.05, 3.63) is 29.3 Å². The fourth-order valence-electron chi connectivity index (χ4n) is 1.90. The number of ether oxygens (including phenoxy) is 2. The molecule has 1 amide bonds. The highest BCUT2D eigenvalue weighted by Gasteiger charge is 2.16. The van der Waals surface area contributed by atoms with Crippen LogP contribution in [0.5, 0.6) is 5.75 Å². The van der Waals surface area contributed by atoms with Crippen molar-refractivity contribution in [2.75, 3.05) is 13.7 Å². The molecule has 7 nitrogen and oxygen atoms in total. The van der Waals surface area contributed by atoms with E-state index in [1.807, 2.05) is 32.0 Å². The SMILES string of the molecule is COC(=O)CCCNC(=S)NNC(=O)[C@@H](C)Oc1cccc(C)c1C. The molecule has 0 heterocycles. The van der Waals surface area contributed by atoms with Crippen molar-refractivity contribution in [1.82, 2.24) is 16.2 Å². The lowest BCUT2D eigenvalue weighted by atomic mass is 10.1. The Bertz CT molecular complexity index is 622. The van der Waals surface area contributed by atoms with Gasteiger partial charge in [0, 0.05) is 13.0 Å². The molecular weight excluding hydrogens is 342 g/mol. The first kappa shape index (κ1) is 20.7. The van der Waals surface area contributed by atoms with Gasteiger partial charge in [0.2, 0.25) is 0 Å². The standard InChI is InChI=1S/C17H25N3O4S/c1-11-7-5-8-14(12(11)2)24-13(3)16(22)19-20-17(25)18-10-6-9-15(21)23-4/h5,7-8,13H,6,9-10H2,1-4H3,(H,19,22)(H2,18,20,25)/t13-/m1/s1. The highest BCUT2D eigenvalue weighted by molar-refractivity contribution is 7.80. The van der Waals surface area contributed by atoms with Gasteiger partial charge in [-0.1, -0.05) is 12.1 Å². The molecule has 0 bridgehead atoms. The van der Waals surface area contributed by atoms with Crippen LogP contribution < -0.4 is 20.9 Å². The second kappa shape index (κ2) is 10.5. The van der Waals surface area contributed by atoms with Gasteiger partial charge in [-0.25, -0.2) is 0 Å². The molecule has 0 fully saturated rings. The number of aryl methyl sites for hydroxylation is 1. The summed E-state index contributed by atoms with van der Waals surface area (Å²) < 4.78 is 10.2. The number of thiocarbonyl (C=S) groups is 1. The van der Waals surface area contributed by atoms with Gasteiger partial charge >= 0.3 is 5.97 Å². The Hall–Kier alpha value is -2.35. The topological polar surface area (TPSA) is 88.7 Å². The minimum absolute atomic E-state index is 0.261. The zero-order chi connectivity index (χ0) is 18.8. The van der Waals surface area contributed by atoms with E-state index in [1.54, 1.807) is 6.92 Å². The van der Waals surface area contributed by atoms with Crippen molar-refractivity contribution >= 4 is 29.2 Å². The Balaban J connectivity index is 2.32. The lowest BCUT2D eigenvalue weighted by Gasteiger charge is -2.18. The van der Waals surface area contributed by atoms with E-state index in [4.69, 9.17) is 17.0 Å². The van der Waals surface area contributed by atoms with Gasteiger partial charge in [0.05, 0.1) is 7.11 Å². The molecule has 1 atom stereocenters. The van der Waals surface area contributed by atoms with Gasteiger partial charge in [-0.3, -0.25) is 20.4 Å². The van der Waals surface area contributed by atoms with Crippen LogP contribution in [0.15, 0.2) is 18.2 Å². The van der Waals surface area contributed by atoms with Crippen molar-refractivity contribution < 1.29 is 19.1 Å². The number of carbonyl (C=O) groups excluding carboxylic acids is 2. The average Bonchev–Trinajstić information content (AvgIpc) is 2.60. The van der Waals surface area contributed by atoms with Gasteiger partial charge in [-0.15, -0.1) is 0 Å². The molecule has 0 unspecified atom stereocenters. The van der Waals surface area contributed by atoms with Crippen LogP contribution in [0.3, 0.4) is 0 Å². The molecule has 3 N–H and O–H groups in total. The van der Waals surface area contributed by atoms with Gasteiger partial charge in [-0.2, -0.15) is 0 Å². The molecular formula is C17H25N3O4S. The first-order chi connectivity index (χ1) is 11.8. The summed E-state index contributed by atoms with van der Waals surface area (Å²) >= 11 is 5.04. The molecule has 1 aromatic rings. The number of hydrogen-bond acceptors (Lipinski definition) is 5. The normalized spacial score (nSPS) is 11.2. The Morgan fingerprint density at radius 2 is 1.96 bits per heavy atom. The summed E-state index contributed by atoms with van der Waals surface area (Å²) in [6.07, 6.45) is 0.198. The van der Waals surface area contributed by atoms with E-state index in [-0.39, 0.29) is 17.0 Å². The van der Waals surface area contributed by atoms with Crippen molar-refractivity contribution in [2.24, 2.45) is 0 Å². The van der Waals surface area contributed by atoms with Gasteiger partial charge < -0.3 is 14.8 Å². The highest BCUT2D eigenvalue weighted by Crippen LogP contribution is 2.21. The van der Waals surface area contributed by atoms with E-state index in [0.717, 1.165) is 11.1 Å². The molecule has 0 radical (unpaired) electrons. The maximum absolute atomic E-state index is 12.1. The number of rotatable bonds is 7. The summed E-state index contributed by atoms with van der Waals surface area (Å²) in [6.45, 7) is 6.08. The Morgan fingerprint density at radius 1 is 1.24 bits per heavy atom. The molecule has 1 aromatic carbocycles. The van der Waals surface area contributed by atoms with Crippen molar-refractivity contribution in [3.8, 4) is 5.75 Å². The van der Waals surface area contributed by atoms with Crippen molar-refractivity contribution in [1.29, 1.82) is 0 Å². The van der Waals surface area contributed by atoms with Crippen LogP contribution >= 0.6 is 12.2 Å². The second-order valence-electron chi connectivity index (χ2n) is 5.51. The predicted octanol–water partition coefficient (Wildman–Crippen LogP) is 1.52. The van der Waals surface area contributed by atoms with Gasteiger partial charge in [0.25, 0.3) is 5.91 Å². The van der Waals surface area contributed by atoms with Crippen LogP contribution in [-0.2, 0) is 14.3 Å². The van der Waals surface area contributed by atoms with E-state index in [0.29, 0.717) is 25.1 Å². The number of esters is 1. The Labute approximate surface area is 153 Å². The molecule has 25 heavy (non-hydrogen) atoms. The summed E-state index contributed by atoms with van der Waals surface area (Å²) in [4.78, 5) is 23.0. The predicted molar refractivity (Wildman–Crippen MR) is 99.1 cm³/mol. The largest absolute Gasteiger partial charge is 0.481 e. The third-order valence-electron chi connectivity index (χ3n) is 3.60. The van der Waals surface area contributed by atoms with Gasteiger partial charge in [-0.05, 0) is 56.6 Å².